The van der Waals surface area contributed by atoms with Gasteiger partial charge in [-0.1, -0.05) is 19.1 Å². The summed E-state index contributed by atoms with van der Waals surface area (Å²) in [5.41, 5.74) is 1.27. The van der Waals surface area contributed by atoms with Gasteiger partial charge < -0.3 is 10.1 Å². The molecule has 13 heavy (non-hydrogen) atoms. The molecule has 0 aliphatic rings. The molecule has 0 unspecified atom stereocenters. The first-order valence-corrected chi connectivity index (χ1v) is 4.65. The van der Waals surface area contributed by atoms with E-state index in [2.05, 4.69) is 31.3 Å². The second-order valence-electron chi connectivity index (χ2n) is 3.06. The molecular formula is C11H17NO. The van der Waals surface area contributed by atoms with Crippen LogP contribution in [-0.4, -0.2) is 13.7 Å². The summed E-state index contributed by atoms with van der Waals surface area (Å²) in [5.74, 6) is 0.919. The largest absolute Gasteiger partial charge is 0.497 e. The molecule has 2 heteroatoms. The average Bonchev–Trinajstić information content (AvgIpc) is 2.18. The molecule has 0 amide bonds. The number of benzene rings is 1. The number of rotatable bonds is 4. The molecule has 0 fully saturated rings. The molecule has 0 saturated heterocycles. The van der Waals surface area contributed by atoms with Crippen molar-refractivity contribution in [3.8, 4) is 5.75 Å². The highest BCUT2D eigenvalue weighted by Gasteiger charge is 2.03. The molecule has 0 aliphatic heterocycles. The van der Waals surface area contributed by atoms with Gasteiger partial charge >= 0.3 is 0 Å². The minimum Gasteiger partial charge on any atom is -0.497 e. The number of ether oxygens (including phenoxy) is 1. The molecule has 1 atom stereocenters. The Hall–Kier alpha value is -1.02. The fraction of sp³-hybridized carbons (Fsp3) is 0.455. The van der Waals surface area contributed by atoms with Crippen molar-refractivity contribution in [3.63, 3.8) is 0 Å². The molecule has 1 N–H and O–H groups in total. The Kier molecular flexibility index (Phi) is 3.77. The van der Waals surface area contributed by atoms with Crippen molar-refractivity contribution in [1.29, 1.82) is 0 Å². The summed E-state index contributed by atoms with van der Waals surface area (Å²) >= 11 is 0. The third kappa shape index (κ3) is 2.74. The quantitative estimate of drug-likeness (QED) is 0.766. The van der Waals surface area contributed by atoms with Crippen molar-refractivity contribution >= 4 is 0 Å². The van der Waals surface area contributed by atoms with E-state index in [1.165, 1.54) is 5.56 Å². The first-order valence-electron chi connectivity index (χ1n) is 4.65. The average molecular weight is 179 g/mol. The van der Waals surface area contributed by atoms with E-state index in [1.54, 1.807) is 7.11 Å². The molecule has 72 valence electrons. The molecular weight excluding hydrogens is 162 g/mol. The Morgan fingerprint density at radius 2 is 2.23 bits per heavy atom. The molecule has 1 aromatic carbocycles. The van der Waals surface area contributed by atoms with Crippen molar-refractivity contribution in [2.75, 3.05) is 13.7 Å². The Bertz CT molecular complexity index is 260. The minimum atomic E-state index is 0.389. The van der Waals surface area contributed by atoms with E-state index >= 15 is 0 Å². The van der Waals surface area contributed by atoms with Crippen LogP contribution in [0.15, 0.2) is 24.3 Å². The highest BCUT2D eigenvalue weighted by atomic mass is 16.5. The highest BCUT2D eigenvalue weighted by Crippen LogP contribution is 2.18. The van der Waals surface area contributed by atoms with Crippen molar-refractivity contribution in [3.05, 3.63) is 29.8 Å². The predicted molar refractivity (Wildman–Crippen MR) is 55.1 cm³/mol. The lowest BCUT2D eigenvalue weighted by molar-refractivity contribution is 0.413. The van der Waals surface area contributed by atoms with Crippen molar-refractivity contribution < 1.29 is 4.74 Å². The van der Waals surface area contributed by atoms with E-state index in [-0.39, 0.29) is 0 Å². The zero-order valence-corrected chi connectivity index (χ0v) is 8.50. The van der Waals surface area contributed by atoms with E-state index in [0.717, 1.165) is 12.3 Å². The van der Waals surface area contributed by atoms with Gasteiger partial charge in [-0.25, -0.2) is 0 Å². The molecule has 1 aromatic rings. The van der Waals surface area contributed by atoms with Crippen molar-refractivity contribution in [2.45, 2.75) is 19.9 Å². The van der Waals surface area contributed by atoms with Gasteiger partial charge in [-0.15, -0.1) is 0 Å². The standard InChI is InChI=1S/C11H17NO/c1-4-12-9(2)10-6-5-7-11(8-10)13-3/h5-9,12H,4H2,1-3H3/t9-/m1/s1. The maximum Gasteiger partial charge on any atom is 0.119 e. The number of nitrogens with one attached hydrogen (secondary N) is 1. The monoisotopic (exact) mass is 179 g/mol. The van der Waals surface area contributed by atoms with Crippen LogP contribution in [-0.2, 0) is 0 Å². The van der Waals surface area contributed by atoms with Crippen LogP contribution in [0.2, 0.25) is 0 Å². The van der Waals surface area contributed by atoms with Gasteiger partial charge in [-0.3, -0.25) is 0 Å². The molecule has 2 nitrogen and oxygen atoms in total. The summed E-state index contributed by atoms with van der Waals surface area (Å²) in [6, 6.07) is 8.54. The Balaban J connectivity index is 2.75. The minimum absolute atomic E-state index is 0.389. The van der Waals surface area contributed by atoms with Gasteiger partial charge in [0.2, 0.25) is 0 Å². The number of methoxy groups -OCH3 is 1. The van der Waals surface area contributed by atoms with Gasteiger partial charge in [-0.2, -0.15) is 0 Å². The second kappa shape index (κ2) is 4.87. The summed E-state index contributed by atoms with van der Waals surface area (Å²) in [4.78, 5) is 0. The van der Waals surface area contributed by atoms with Gasteiger partial charge in [-0.05, 0) is 31.2 Å². The molecule has 0 heterocycles. The molecule has 0 saturated carbocycles. The lowest BCUT2D eigenvalue weighted by Crippen LogP contribution is -2.17. The summed E-state index contributed by atoms with van der Waals surface area (Å²) < 4.78 is 5.16. The van der Waals surface area contributed by atoms with Crippen LogP contribution >= 0.6 is 0 Å². The van der Waals surface area contributed by atoms with Gasteiger partial charge in [0, 0.05) is 6.04 Å². The van der Waals surface area contributed by atoms with Crippen LogP contribution in [0, 0.1) is 0 Å². The fourth-order valence-corrected chi connectivity index (χ4v) is 1.33. The predicted octanol–water partition coefficient (Wildman–Crippen LogP) is 2.37. The van der Waals surface area contributed by atoms with Gasteiger partial charge in [0.1, 0.15) is 5.75 Å². The fourth-order valence-electron chi connectivity index (χ4n) is 1.33. The molecule has 1 rings (SSSR count). The highest BCUT2D eigenvalue weighted by molar-refractivity contribution is 5.30. The van der Waals surface area contributed by atoms with Gasteiger partial charge in [0.05, 0.1) is 7.11 Å². The third-order valence-corrected chi connectivity index (χ3v) is 2.10. The van der Waals surface area contributed by atoms with Crippen LogP contribution in [0.25, 0.3) is 0 Å². The number of hydrogen-bond donors (Lipinski definition) is 1. The Morgan fingerprint density at radius 3 is 2.85 bits per heavy atom. The molecule has 0 radical (unpaired) electrons. The summed E-state index contributed by atoms with van der Waals surface area (Å²) in [5, 5.41) is 3.36. The first-order chi connectivity index (χ1) is 6.27. The number of hydrogen-bond acceptors (Lipinski definition) is 2. The smallest absolute Gasteiger partial charge is 0.119 e. The van der Waals surface area contributed by atoms with Gasteiger partial charge in [0.25, 0.3) is 0 Å². The van der Waals surface area contributed by atoms with Crippen molar-refractivity contribution in [2.24, 2.45) is 0 Å². The van der Waals surface area contributed by atoms with Crippen LogP contribution in [0.1, 0.15) is 25.5 Å². The maximum atomic E-state index is 5.16. The molecule has 0 aliphatic carbocycles. The van der Waals surface area contributed by atoms with E-state index in [4.69, 9.17) is 4.74 Å². The summed E-state index contributed by atoms with van der Waals surface area (Å²) in [7, 11) is 1.69. The molecule has 0 aromatic heterocycles. The molecule has 0 spiro atoms. The lowest BCUT2D eigenvalue weighted by atomic mass is 10.1. The van der Waals surface area contributed by atoms with E-state index < -0.39 is 0 Å². The normalized spacial score (nSPS) is 12.5. The van der Waals surface area contributed by atoms with Gasteiger partial charge in [0.15, 0.2) is 0 Å². The third-order valence-electron chi connectivity index (χ3n) is 2.10. The van der Waals surface area contributed by atoms with Crippen LogP contribution in [0.4, 0.5) is 0 Å². The van der Waals surface area contributed by atoms with Crippen LogP contribution in [0.5, 0.6) is 5.75 Å². The lowest BCUT2D eigenvalue weighted by Gasteiger charge is -2.13. The van der Waals surface area contributed by atoms with Crippen LogP contribution in [0.3, 0.4) is 0 Å². The Morgan fingerprint density at radius 1 is 1.46 bits per heavy atom. The first kappa shape index (κ1) is 10.1. The topological polar surface area (TPSA) is 21.3 Å². The zero-order valence-electron chi connectivity index (χ0n) is 8.50. The second-order valence-corrected chi connectivity index (χ2v) is 3.06. The van der Waals surface area contributed by atoms with E-state index in [0.29, 0.717) is 6.04 Å². The van der Waals surface area contributed by atoms with Crippen LogP contribution < -0.4 is 10.1 Å². The summed E-state index contributed by atoms with van der Waals surface area (Å²) in [6.45, 7) is 5.24. The molecule has 0 bridgehead atoms. The van der Waals surface area contributed by atoms with E-state index in [1.807, 2.05) is 12.1 Å². The summed E-state index contributed by atoms with van der Waals surface area (Å²) in [6.07, 6.45) is 0. The zero-order chi connectivity index (χ0) is 9.68. The van der Waals surface area contributed by atoms with E-state index in [9.17, 15) is 0 Å². The SMILES string of the molecule is CCN[C@H](C)c1cccc(OC)c1. The Labute approximate surface area is 79.9 Å². The maximum absolute atomic E-state index is 5.16. The van der Waals surface area contributed by atoms with Crippen molar-refractivity contribution in [1.82, 2.24) is 5.32 Å².